The van der Waals surface area contributed by atoms with E-state index in [1.807, 2.05) is 22.2 Å². The van der Waals surface area contributed by atoms with Crippen molar-refractivity contribution in [1.82, 2.24) is 5.43 Å². The zero-order valence-corrected chi connectivity index (χ0v) is 12.0. The number of thiophene rings is 2. The van der Waals surface area contributed by atoms with Crippen LogP contribution < -0.4 is 5.43 Å². The third-order valence-corrected chi connectivity index (χ3v) is 5.02. The lowest BCUT2D eigenvalue weighted by molar-refractivity contribution is 0.0954. The van der Waals surface area contributed by atoms with Gasteiger partial charge in [0.1, 0.15) is 0 Å². The lowest BCUT2D eigenvalue weighted by atomic mass is 9.96. The zero-order chi connectivity index (χ0) is 13.1. The molecule has 0 fully saturated rings. The van der Waals surface area contributed by atoms with Crippen molar-refractivity contribution >= 4 is 34.8 Å². The molecule has 19 heavy (non-hydrogen) atoms. The van der Waals surface area contributed by atoms with E-state index < -0.39 is 0 Å². The number of amides is 1. The van der Waals surface area contributed by atoms with Gasteiger partial charge in [0.15, 0.2) is 0 Å². The van der Waals surface area contributed by atoms with Crippen LogP contribution in [0.3, 0.4) is 0 Å². The van der Waals surface area contributed by atoms with Crippen molar-refractivity contribution in [2.45, 2.75) is 25.7 Å². The average Bonchev–Trinajstić information content (AvgIpc) is 3.07. The summed E-state index contributed by atoms with van der Waals surface area (Å²) in [5, 5.41) is 9.94. The second-order valence-corrected chi connectivity index (χ2v) is 6.26. The van der Waals surface area contributed by atoms with Gasteiger partial charge in [-0.2, -0.15) is 16.4 Å². The molecule has 1 aliphatic carbocycles. The Morgan fingerprint density at radius 3 is 3.05 bits per heavy atom. The second kappa shape index (κ2) is 5.67. The molecule has 0 saturated carbocycles. The number of rotatable bonds is 3. The monoisotopic (exact) mass is 290 g/mol. The molecule has 0 unspecified atom stereocenters. The standard InChI is InChI=1S/C14H14N2OS2/c17-14(16-15-7-10-5-6-18-8-10)12-9-19-13-4-2-1-3-11(12)13/h5-9H,1-4H2,(H,16,17). The number of nitrogens with one attached hydrogen (secondary N) is 1. The minimum absolute atomic E-state index is 0.0918. The van der Waals surface area contributed by atoms with E-state index in [4.69, 9.17) is 0 Å². The first-order chi connectivity index (χ1) is 9.34. The lowest BCUT2D eigenvalue weighted by Gasteiger charge is -2.11. The van der Waals surface area contributed by atoms with Gasteiger partial charge in [0.2, 0.25) is 0 Å². The molecule has 0 aromatic carbocycles. The van der Waals surface area contributed by atoms with Gasteiger partial charge < -0.3 is 0 Å². The molecule has 0 aliphatic heterocycles. The highest BCUT2D eigenvalue weighted by atomic mass is 32.1. The Bertz CT molecular complexity index is 599. The van der Waals surface area contributed by atoms with Crippen LogP contribution in [0.5, 0.6) is 0 Å². The lowest BCUT2D eigenvalue weighted by Crippen LogP contribution is -2.19. The third-order valence-electron chi connectivity index (χ3n) is 3.23. The van der Waals surface area contributed by atoms with E-state index in [1.165, 1.54) is 23.3 Å². The number of nitrogens with zero attached hydrogens (tertiary/aromatic N) is 1. The van der Waals surface area contributed by atoms with Gasteiger partial charge in [-0.3, -0.25) is 4.79 Å². The molecule has 3 nitrogen and oxygen atoms in total. The summed E-state index contributed by atoms with van der Waals surface area (Å²) >= 11 is 3.31. The van der Waals surface area contributed by atoms with Gasteiger partial charge >= 0.3 is 0 Å². The number of hydrazone groups is 1. The van der Waals surface area contributed by atoms with Gasteiger partial charge in [0.05, 0.1) is 11.8 Å². The molecule has 2 heterocycles. The molecule has 0 saturated heterocycles. The van der Waals surface area contributed by atoms with Crippen molar-refractivity contribution < 1.29 is 4.79 Å². The van der Waals surface area contributed by atoms with Crippen molar-refractivity contribution in [2.24, 2.45) is 5.10 Å². The molecular weight excluding hydrogens is 276 g/mol. The Balaban J connectivity index is 1.69. The minimum Gasteiger partial charge on any atom is -0.267 e. The van der Waals surface area contributed by atoms with Crippen molar-refractivity contribution in [1.29, 1.82) is 0 Å². The van der Waals surface area contributed by atoms with Crippen molar-refractivity contribution in [3.63, 3.8) is 0 Å². The van der Waals surface area contributed by atoms with Crippen LogP contribution in [-0.4, -0.2) is 12.1 Å². The Hall–Kier alpha value is -1.46. The first-order valence-corrected chi connectivity index (χ1v) is 8.11. The van der Waals surface area contributed by atoms with Gasteiger partial charge in [-0.25, -0.2) is 5.43 Å². The summed E-state index contributed by atoms with van der Waals surface area (Å²) in [7, 11) is 0. The number of aryl methyl sites for hydroxylation is 1. The zero-order valence-electron chi connectivity index (χ0n) is 10.4. The average molecular weight is 290 g/mol. The van der Waals surface area contributed by atoms with E-state index >= 15 is 0 Å². The van der Waals surface area contributed by atoms with E-state index in [9.17, 15) is 4.79 Å². The van der Waals surface area contributed by atoms with Crippen LogP contribution in [0.2, 0.25) is 0 Å². The summed E-state index contributed by atoms with van der Waals surface area (Å²) < 4.78 is 0. The number of carbonyl (C=O) groups is 1. The third kappa shape index (κ3) is 2.77. The van der Waals surface area contributed by atoms with Gasteiger partial charge in [0.25, 0.3) is 5.91 Å². The number of hydrogen-bond acceptors (Lipinski definition) is 4. The Morgan fingerprint density at radius 1 is 1.32 bits per heavy atom. The fraction of sp³-hybridized carbons (Fsp3) is 0.286. The fourth-order valence-electron chi connectivity index (χ4n) is 2.26. The van der Waals surface area contributed by atoms with Gasteiger partial charge in [-0.05, 0) is 48.1 Å². The molecule has 2 aromatic heterocycles. The topological polar surface area (TPSA) is 41.5 Å². The molecule has 3 rings (SSSR count). The van der Waals surface area contributed by atoms with Crippen LogP contribution in [0.15, 0.2) is 27.3 Å². The van der Waals surface area contributed by atoms with Gasteiger partial charge in [0, 0.05) is 15.8 Å². The highest BCUT2D eigenvalue weighted by molar-refractivity contribution is 7.10. The second-order valence-electron chi connectivity index (χ2n) is 4.51. The van der Waals surface area contributed by atoms with Crippen LogP contribution in [0.4, 0.5) is 0 Å². The molecule has 0 bridgehead atoms. The van der Waals surface area contributed by atoms with E-state index in [-0.39, 0.29) is 5.91 Å². The van der Waals surface area contributed by atoms with E-state index in [2.05, 4.69) is 10.5 Å². The predicted molar refractivity (Wildman–Crippen MR) is 80.3 cm³/mol. The summed E-state index contributed by atoms with van der Waals surface area (Å²) in [6.07, 6.45) is 6.24. The Kier molecular flexibility index (Phi) is 3.75. The normalized spacial score (nSPS) is 14.5. The van der Waals surface area contributed by atoms with E-state index in [0.29, 0.717) is 0 Å². The molecule has 2 aromatic rings. The van der Waals surface area contributed by atoms with Crippen LogP contribution in [0.1, 0.15) is 39.2 Å². The first kappa shape index (κ1) is 12.6. The van der Waals surface area contributed by atoms with Gasteiger partial charge in [-0.1, -0.05) is 0 Å². The molecule has 98 valence electrons. The fourth-order valence-corrected chi connectivity index (χ4v) is 4.00. The van der Waals surface area contributed by atoms with Crippen LogP contribution in [0.25, 0.3) is 0 Å². The highest BCUT2D eigenvalue weighted by Gasteiger charge is 2.19. The van der Waals surface area contributed by atoms with Gasteiger partial charge in [-0.15, -0.1) is 11.3 Å². The number of carbonyl (C=O) groups excluding carboxylic acids is 1. The Labute approximate surface area is 120 Å². The van der Waals surface area contributed by atoms with E-state index in [1.54, 1.807) is 28.9 Å². The molecular formula is C14H14N2OS2. The van der Waals surface area contributed by atoms with Crippen LogP contribution >= 0.6 is 22.7 Å². The maximum Gasteiger partial charge on any atom is 0.272 e. The number of fused-ring (bicyclic) bond motifs is 1. The first-order valence-electron chi connectivity index (χ1n) is 6.29. The summed E-state index contributed by atoms with van der Waals surface area (Å²) in [4.78, 5) is 13.5. The largest absolute Gasteiger partial charge is 0.272 e. The maximum atomic E-state index is 12.1. The minimum atomic E-state index is -0.0918. The van der Waals surface area contributed by atoms with Crippen molar-refractivity contribution in [3.05, 3.63) is 43.8 Å². The Morgan fingerprint density at radius 2 is 2.21 bits per heavy atom. The smallest absolute Gasteiger partial charge is 0.267 e. The molecule has 1 N–H and O–H groups in total. The molecule has 0 spiro atoms. The predicted octanol–water partition coefficient (Wildman–Crippen LogP) is 3.45. The summed E-state index contributed by atoms with van der Waals surface area (Å²) in [6.45, 7) is 0. The summed E-state index contributed by atoms with van der Waals surface area (Å²) in [5.74, 6) is -0.0918. The highest BCUT2D eigenvalue weighted by Crippen LogP contribution is 2.30. The molecule has 0 radical (unpaired) electrons. The molecule has 1 amide bonds. The molecule has 5 heteroatoms. The van der Waals surface area contributed by atoms with Crippen molar-refractivity contribution in [2.75, 3.05) is 0 Å². The van der Waals surface area contributed by atoms with Crippen LogP contribution in [0, 0.1) is 0 Å². The van der Waals surface area contributed by atoms with E-state index in [0.717, 1.165) is 24.0 Å². The number of hydrogen-bond donors (Lipinski definition) is 1. The van der Waals surface area contributed by atoms with Crippen molar-refractivity contribution in [3.8, 4) is 0 Å². The molecule has 0 atom stereocenters. The molecule has 1 aliphatic rings. The maximum absolute atomic E-state index is 12.1. The SMILES string of the molecule is O=C(NN=Cc1ccsc1)c1csc2c1CCCC2. The van der Waals surface area contributed by atoms with Crippen LogP contribution in [-0.2, 0) is 12.8 Å². The summed E-state index contributed by atoms with van der Waals surface area (Å²) in [6, 6.07) is 1.97. The summed E-state index contributed by atoms with van der Waals surface area (Å²) in [5.41, 5.74) is 5.67. The quantitative estimate of drug-likeness (QED) is 0.682.